The second kappa shape index (κ2) is 5.02. The first kappa shape index (κ1) is 13.9. The molecule has 0 bridgehead atoms. The minimum Gasteiger partial charge on any atom is -0.314 e. The van der Waals surface area contributed by atoms with E-state index >= 15 is 0 Å². The van der Waals surface area contributed by atoms with Crippen molar-refractivity contribution in [2.75, 3.05) is 12.3 Å². The molecule has 0 aromatic rings. The van der Waals surface area contributed by atoms with Gasteiger partial charge in [-0.2, -0.15) is 0 Å². The summed E-state index contributed by atoms with van der Waals surface area (Å²) in [5, 5.41) is 8.38. The fraction of sp³-hybridized carbons (Fsp3) is 1.00. The van der Waals surface area contributed by atoms with Crippen molar-refractivity contribution in [1.29, 1.82) is 0 Å². The van der Waals surface area contributed by atoms with Gasteiger partial charge in [0.25, 0.3) is 0 Å². The van der Waals surface area contributed by atoms with Crippen molar-refractivity contribution >= 4 is 10.0 Å². The first-order chi connectivity index (χ1) is 7.20. The molecule has 2 atom stereocenters. The van der Waals surface area contributed by atoms with E-state index in [0.29, 0.717) is 23.8 Å². The topological polar surface area (TPSA) is 72.2 Å². The Labute approximate surface area is 99.0 Å². The van der Waals surface area contributed by atoms with Gasteiger partial charge in [0.2, 0.25) is 10.0 Å². The van der Waals surface area contributed by atoms with Crippen LogP contribution in [-0.4, -0.2) is 26.8 Å². The van der Waals surface area contributed by atoms with Gasteiger partial charge in [0.05, 0.1) is 5.75 Å². The van der Waals surface area contributed by atoms with E-state index in [1.807, 2.05) is 0 Å². The summed E-state index contributed by atoms with van der Waals surface area (Å²) in [5.41, 5.74) is 0.414. The van der Waals surface area contributed by atoms with Crippen LogP contribution in [0.3, 0.4) is 0 Å². The molecule has 3 N–H and O–H groups in total. The monoisotopic (exact) mass is 248 g/mol. The number of nitrogens with one attached hydrogen (secondary N) is 1. The maximum absolute atomic E-state index is 10.7. The number of hydrogen-bond donors (Lipinski definition) is 2. The van der Waals surface area contributed by atoms with Gasteiger partial charge in [-0.25, -0.2) is 13.6 Å². The molecule has 4 nitrogen and oxygen atoms in total. The normalized spacial score (nSPS) is 29.5. The quantitative estimate of drug-likeness (QED) is 0.715. The van der Waals surface area contributed by atoms with Crippen molar-refractivity contribution in [2.24, 2.45) is 16.5 Å². The fourth-order valence-corrected chi connectivity index (χ4v) is 3.27. The molecule has 0 aromatic heterocycles. The highest BCUT2D eigenvalue weighted by Gasteiger charge is 2.35. The van der Waals surface area contributed by atoms with Gasteiger partial charge in [-0.05, 0) is 37.1 Å². The second-order valence-corrected chi connectivity index (χ2v) is 7.56. The summed E-state index contributed by atoms with van der Waals surface area (Å²) in [4.78, 5) is 0. The lowest BCUT2D eigenvalue weighted by Crippen LogP contribution is -2.33. The van der Waals surface area contributed by atoms with Crippen LogP contribution < -0.4 is 10.5 Å². The zero-order valence-corrected chi connectivity index (χ0v) is 11.3. The molecule has 1 fully saturated rings. The largest absolute Gasteiger partial charge is 0.314 e. The molecule has 0 aliphatic heterocycles. The SMILES string of the molecule is CC1CC(C)(C)CC1NCCCS(N)(=O)=O. The standard InChI is InChI=1S/C11H24N2O2S/c1-9-7-11(2,3)8-10(9)13-5-4-6-16(12,14)15/h9-10,13H,4-8H2,1-3H3,(H2,12,14,15). The number of nitrogens with two attached hydrogens (primary N) is 1. The molecule has 16 heavy (non-hydrogen) atoms. The minimum atomic E-state index is -3.30. The van der Waals surface area contributed by atoms with Crippen LogP contribution in [0.15, 0.2) is 0 Å². The average molecular weight is 248 g/mol. The Kier molecular flexibility index (Phi) is 4.37. The minimum absolute atomic E-state index is 0.0739. The second-order valence-electron chi connectivity index (χ2n) is 5.83. The Bertz CT molecular complexity index is 325. The summed E-state index contributed by atoms with van der Waals surface area (Å²) in [6.45, 7) is 7.57. The van der Waals surface area contributed by atoms with Gasteiger partial charge in [-0.1, -0.05) is 20.8 Å². The number of hydrogen-bond acceptors (Lipinski definition) is 3. The molecule has 96 valence electrons. The molecule has 2 unspecified atom stereocenters. The Morgan fingerprint density at radius 2 is 2.00 bits per heavy atom. The zero-order valence-electron chi connectivity index (χ0n) is 10.5. The molecule has 0 radical (unpaired) electrons. The lowest BCUT2D eigenvalue weighted by molar-refractivity contribution is 0.362. The van der Waals surface area contributed by atoms with Gasteiger partial charge in [-0.15, -0.1) is 0 Å². The summed E-state index contributed by atoms with van der Waals surface area (Å²) in [6, 6.07) is 0.524. The molecule has 1 aliphatic carbocycles. The van der Waals surface area contributed by atoms with Crippen LogP contribution in [0.4, 0.5) is 0 Å². The van der Waals surface area contributed by atoms with E-state index in [1.165, 1.54) is 12.8 Å². The smallest absolute Gasteiger partial charge is 0.209 e. The molecule has 1 aliphatic rings. The third-order valence-corrected chi connectivity index (χ3v) is 4.20. The Morgan fingerprint density at radius 1 is 1.38 bits per heavy atom. The highest BCUT2D eigenvalue weighted by Crippen LogP contribution is 2.40. The van der Waals surface area contributed by atoms with Crippen molar-refractivity contribution < 1.29 is 8.42 Å². The summed E-state index contributed by atoms with van der Waals surface area (Å²) < 4.78 is 21.5. The van der Waals surface area contributed by atoms with Crippen molar-refractivity contribution in [1.82, 2.24) is 5.32 Å². The number of rotatable bonds is 5. The predicted octanol–water partition coefficient (Wildman–Crippen LogP) is 1.08. The molecule has 1 saturated carbocycles. The first-order valence-corrected chi connectivity index (χ1v) is 7.65. The Morgan fingerprint density at radius 3 is 2.44 bits per heavy atom. The zero-order chi connectivity index (χ0) is 12.4. The van der Waals surface area contributed by atoms with Crippen LogP contribution in [0.1, 0.15) is 40.0 Å². The predicted molar refractivity (Wildman–Crippen MR) is 66.6 cm³/mol. The molecule has 0 amide bonds. The van der Waals surface area contributed by atoms with Gasteiger partial charge >= 0.3 is 0 Å². The highest BCUT2D eigenvalue weighted by molar-refractivity contribution is 7.89. The van der Waals surface area contributed by atoms with Gasteiger partial charge in [0.15, 0.2) is 0 Å². The van der Waals surface area contributed by atoms with E-state index in [9.17, 15) is 8.42 Å². The molecular formula is C11H24N2O2S. The van der Waals surface area contributed by atoms with E-state index in [0.717, 1.165) is 6.54 Å². The third kappa shape index (κ3) is 4.80. The molecule has 0 saturated heterocycles. The number of sulfonamides is 1. The summed E-state index contributed by atoms with van der Waals surface area (Å²) in [5.74, 6) is 0.745. The van der Waals surface area contributed by atoms with Crippen molar-refractivity contribution in [3.8, 4) is 0 Å². The van der Waals surface area contributed by atoms with Crippen LogP contribution >= 0.6 is 0 Å². The van der Waals surface area contributed by atoms with Crippen LogP contribution in [0.25, 0.3) is 0 Å². The van der Waals surface area contributed by atoms with Crippen molar-refractivity contribution in [3.05, 3.63) is 0 Å². The third-order valence-electron chi connectivity index (χ3n) is 3.35. The maximum Gasteiger partial charge on any atom is 0.209 e. The maximum atomic E-state index is 10.7. The van der Waals surface area contributed by atoms with Gasteiger partial charge in [0, 0.05) is 6.04 Å². The van der Waals surface area contributed by atoms with E-state index < -0.39 is 10.0 Å². The Hall–Kier alpha value is -0.130. The van der Waals surface area contributed by atoms with E-state index in [2.05, 4.69) is 26.1 Å². The summed E-state index contributed by atoms with van der Waals surface area (Å²) >= 11 is 0. The van der Waals surface area contributed by atoms with Crippen LogP contribution in [-0.2, 0) is 10.0 Å². The molecule has 0 aromatic carbocycles. The van der Waals surface area contributed by atoms with E-state index in [4.69, 9.17) is 5.14 Å². The molecule has 0 spiro atoms. The lowest BCUT2D eigenvalue weighted by Gasteiger charge is -2.18. The van der Waals surface area contributed by atoms with Gasteiger partial charge in [-0.3, -0.25) is 0 Å². The Balaban J connectivity index is 2.24. The van der Waals surface area contributed by atoms with E-state index in [1.54, 1.807) is 0 Å². The van der Waals surface area contributed by atoms with Gasteiger partial charge < -0.3 is 5.32 Å². The molecule has 1 rings (SSSR count). The van der Waals surface area contributed by atoms with Crippen LogP contribution in [0.2, 0.25) is 0 Å². The van der Waals surface area contributed by atoms with Crippen LogP contribution in [0.5, 0.6) is 0 Å². The van der Waals surface area contributed by atoms with Crippen molar-refractivity contribution in [2.45, 2.75) is 46.1 Å². The highest BCUT2D eigenvalue weighted by atomic mass is 32.2. The lowest BCUT2D eigenvalue weighted by atomic mass is 9.91. The summed E-state index contributed by atoms with van der Waals surface area (Å²) in [6.07, 6.45) is 3.01. The van der Waals surface area contributed by atoms with E-state index in [-0.39, 0.29) is 5.75 Å². The fourth-order valence-electron chi connectivity index (χ4n) is 2.73. The van der Waals surface area contributed by atoms with Crippen molar-refractivity contribution in [3.63, 3.8) is 0 Å². The molecular weight excluding hydrogens is 224 g/mol. The molecule has 5 heteroatoms. The van der Waals surface area contributed by atoms with Gasteiger partial charge in [0.1, 0.15) is 0 Å². The number of primary sulfonamides is 1. The van der Waals surface area contributed by atoms with Crippen LogP contribution in [0, 0.1) is 11.3 Å². The average Bonchev–Trinajstić information content (AvgIpc) is 2.32. The summed E-state index contributed by atoms with van der Waals surface area (Å²) in [7, 11) is -3.30. The first-order valence-electron chi connectivity index (χ1n) is 5.93. The molecule has 0 heterocycles.